The molecule has 2 rings (SSSR count). The average molecular weight is 487 g/mol. The smallest absolute Gasteiger partial charge is 0.248 e. The van der Waals surface area contributed by atoms with Crippen LogP contribution in [-0.4, -0.2) is 49.0 Å². The maximum atomic E-state index is 11.1. The van der Waals surface area contributed by atoms with Gasteiger partial charge in [0.15, 0.2) is 5.96 Å². The van der Waals surface area contributed by atoms with Crippen molar-refractivity contribution in [1.29, 1.82) is 0 Å². The molecule has 1 unspecified atom stereocenters. The fourth-order valence-corrected chi connectivity index (χ4v) is 3.42. The topological polar surface area (TPSA) is 82.7 Å². The molecule has 0 aliphatic carbocycles. The second-order valence-electron chi connectivity index (χ2n) is 6.78. The molecule has 1 aliphatic heterocycles. The highest BCUT2D eigenvalue weighted by molar-refractivity contribution is 14.0. The molecule has 0 bridgehead atoms. The number of aliphatic imine (C=N–C) groups is 1. The number of benzene rings is 1. The van der Waals surface area contributed by atoms with Crippen molar-refractivity contribution in [3.8, 4) is 0 Å². The second-order valence-corrected chi connectivity index (χ2v) is 6.78. The molecule has 7 heteroatoms. The van der Waals surface area contributed by atoms with E-state index in [1.807, 2.05) is 12.1 Å². The molecule has 1 aliphatic rings. The van der Waals surface area contributed by atoms with Crippen LogP contribution in [0.4, 0.5) is 0 Å². The van der Waals surface area contributed by atoms with Gasteiger partial charge in [-0.1, -0.05) is 25.5 Å². The van der Waals surface area contributed by atoms with E-state index in [1.165, 1.54) is 32.2 Å². The van der Waals surface area contributed by atoms with Crippen molar-refractivity contribution in [3.63, 3.8) is 0 Å². The van der Waals surface area contributed by atoms with E-state index in [0.29, 0.717) is 12.1 Å². The summed E-state index contributed by atoms with van der Waals surface area (Å²) < 4.78 is 0. The molecule has 1 fully saturated rings. The van der Waals surface area contributed by atoms with Crippen LogP contribution in [0.1, 0.15) is 55.5 Å². The van der Waals surface area contributed by atoms with E-state index in [-0.39, 0.29) is 24.0 Å². The lowest BCUT2D eigenvalue weighted by Gasteiger charge is -2.35. The molecule has 1 aromatic carbocycles. The standard InChI is InChI=1S/C20H33N5O.HI/c1-3-18-7-5-6-13-25(18)14-12-23-20(22-4-2)24-15-16-8-10-17(11-9-16)19(21)26;/h8-11,18H,3-7,12-15H2,1-2H3,(H2,21,26)(H2,22,23,24);1H. The molecule has 152 valence electrons. The molecule has 1 saturated heterocycles. The van der Waals surface area contributed by atoms with Crippen molar-refractivity contribution in [2.45, 2.75) is 52.1 Å². The quantitative estimate of drug-likeness (QED) is 0.299. The Morgan fingerprint density at radius 2 is 1.96 bits per heavy atom. The summed E-state index contributed by atoms with van der Waals surface area (Å²) in [6.45, 7) is 8.89. The zero-order valence-electron chi connectivity index (χ0n) is 16.5. The van der Waals surface area contributed by atoms with Gasteiger partial charge in [0.05, 0.1) is 6.54 Å². The van der Waals surface area contributed by atoms with Gasteiger partial charge in [-0.2, -0.15) is 0 Å². The monoisotopic (exact) mass is 487 g/mol. The number of hydrogen-bond acceptors (Lipinski definition) is 3. The maximum Gasteiger partial charge on any atom is 0.248 e. The fraction of sp³-hybridized carbons (Fsp3) is 0.600. The van der Waals surface area contributed by atoms with Crippen LogP contribution in [0.25, 0.3) is 0 Å². The van der Waals surface area contributed by atoms with Crippen LogP contribution in [0.2, 0.25) is 0 Å². The molecule has 0 saturated carbocycles. The highest BCUT2D eigenvalue weighted by atomic mass is 127. The minimum absolute atomic E-state index is 0. The van der Waals surface area contributed by atoms with E-state index in [0.717, 1.165) is 37.2 Å². The number of hydrogen-bond donors (Lipinski definition) is 3. The molecule has 27 heavy (non-hydrogen) atoms. The van der Waals surface area contributed by atoms with Crippen LogP contribution < -0.4 is 16.4 Å². The number of guanidine groups is 1. The highest BCUT2D eigenvalue weighted by Crippen LogP contribution is 2.18. The molecule has 6 nitrogen and oxygen atoms in total. The zero-order chi connectivity index (χ0) is 18.8. The number of nitrogens with one attached hydrogen (secondary N) is 2. The second kappa shape index (κ2) is 12.9. The Bertz CT molecular complexity index is 591. The first-order chi connectivity index (χ1) is 12.6. The molecular weight excluding hydrogens is 453 g/mol. The summed E-state index contributed by atoms with van der Waals surface area (Å²) in [7, 11) is 0. The van der Waals surface area contributed by atoms with Crippen molar-refractivity contribution < 1.29 is 4.79 Å². The first-order valence-electron chi connectivity index (χ1n) is 9.79. The number of amides is 1. The van der Waals surface area contributed by atoms with E-state index < -0.39 is 5.91 Å². The van der Waals surface area contributed by atoms with Crippen LogP contribution in [0.3, 0.4) is 0 Å². The van der Waals surface area contributed by atoms with Gasteiger partial charge in [-0.05, 0) is 50.4 Å². The number of halogens is 1. The number of likely N-dealkylation sites (tertiary alicyclic amines) is 1. The Balaban J connectivity index is 0.00000364. The first-order valence-corrected chi connectivity index (χ1v) is 9.79. The number of rotatable bonds is 8. The molecule has 4 N–H and O–H groups in total. The molecule has 1 aromatic rings. The highest BCUT2D eigenvalue weighted by Gasteiger charge is 2.19. The third-order valence-electron chi connectivity index (χ3n) is 4.91. The van der Waals surface area contributed by atoms with Gasteiger partial charge in [-0.3, -0.25) is 9.69 Å². The number of nitrogens with two attached hydrogens (primary N) is 1. The van der Waals surface area contributed by atoms with Crippen LogP contribution in [-0.2, 0) is 6.54 Å². The van der Waals surface area contributed by atoms with Crippen LogP contribution in [0.15, 0.2) is 29.3 Å². The first kappa shape index (κ1) is 23.7. The zero-order valence-corrected chi connectivity index (χ0v) is 18.9. The largest absolute Gasteiger partial charge is 0.366 e. The minimum atomic E-state index is -0.404. The predicted octanol–water partition coefficient (Wildman–Crippen LogP) is 2.72. The molecule has 1 heterocycles. The van der Waals surface area contributed by atoms with Crippen LogP contribution >= 0.6 is 24.0 Å². The van der Waals surface area contributed by atoms with Gasteiger partial charge in [-0.25, -0.2) is 4.99 Å². The molecule has 1 amide bonds. The predicted molar refractivity (Wildman–Crippen MR) is 123 cm³/mol. The third-order valence-corrected chi connectivity index (χ3v) is 4.91. The van der Waals surface area contributed by atoms with E-state index >= 15 is 0 Å². The van der Waals surface area contributed by atoms with Crippen molar-refractivity contribution >= 4 is 35.8 Å². The Labute approximate surface area is 180 Å². The number of nitrogens with zero attached hydrogens (tertiary/aromatic N) is 2. The Kier molecular flexibility index (Phi) is 11.3. The van der Waals surface area contributed by atoms with Gasteiger partial charge in [0.2, 0.25) is 5.91 Å². The summed E-state index contributed by atoms with van der Waals surface area (Å²) in [4.78, 5) is 18.4. The minimum Gasteiger partial charge on any atom is -0.366 e. The molecule has 1 atom stereocenters. The van der Waals surface area contributed by atoms with Gasteiger partial charge >= 0.3 is 0 Å². The number of carbonyl (C=O) groups is 1. The summed E-state index contributed by atoms with van der Waals surface area (Å²) in [5, 5.41) is 6.73. The van der Waals surface area contributed by atoms with Gasteiger partial charge in [0.1, 0.15) is 0 Å². The van der Waals surface area contributed by atoms with Crippen LogP contribution in [0, 0.1) is 0 Å². The lowest BCUT2D eigenvalue weighted by molar-refractivity contribution is 0.100. The molecule has 0 radical (unpaired) electrons. The number of piperidine rings is 1. The van der Waals surface area contributed by atoms with Crippen molar-refractivity contribution in [3.05, 3.63) is 35.4 Å². The number of carbonyl (C=O) groups excluding carboxylic acids is 1. The average Bonchev–Trinajstić information content (AvgIpc) is 2.66. The Hall–Kier alpha value is -1.35. The Morgan fingerprint density at radius 1 is 1.22 bits per heavy atom. The van der Waals surface area contributed by atoms with Gasteiger partial charge in [-0.15, -0.1) is 24.0 Å². The molecule has 0 spiro atoms. The van der Waals surface area contributed by atoms with Gasteiger partial charge in [0.25, 0.3) is 0 Å². The van der Waals surface area contributed by atoms with Gasteiger partial charge < -0.3 is 16.4 Å². The van der Waals surface area contributed by atoms with E-state index in [1.54, 1.807) is 12.1 Å². The van der Waals surface area contributed by atoms with Crippen molar-refractivity contribution in [2.24, 2.45) is 10.7 Å². The lowest BCUT2D eigenvalue weighted by atomic mass is 10.0. The fourth-order valence-electron chi connectivity index (χ4n) is 3.42. The lowest BCUT2D eigenvalue weighted by Crippen LogP contribution is -2.45. The summed E-state index contributed by atoms with van der Waals surface area (Å²) in [5.74, 6) is 0.426. The normalized spacial score (nSPS) is 17.9. The maximum absolute atomic E-state index is 11.1. The molecular formula is C20H34IN5O. The van der Waals surface area contributed by atoms with Crippen molar-refractivity contribution in [1.82, 2.24) is 15.5 Å². The number of primary amides is 1. The molecule has 0 aromatic heterocycles. The van der Waals surface area contributed by atoms with Crippen LogP contribution in [0.5, 0.6) is 0 Å². The summed E-state index contributed by atoms with van der Waals surface area (Å²) in [6.07, 6.45) is 5.23. The Morgan fingerprint density at radius 3 is 2.59 bits per heavy atom. The SMILES string of the molecule is CCNC(=NCc1ccc(C(N)=O)cc1)NCCN1CCCCC1CC.I. The van der Waals surface area contributed by atoms with Gasteiger partial charge in [0, 0.05) is 31.2 Å². The van der Waals surface area contributed by atoms with Crippen molar-refractivity contribution in [2.75, 3.05) is 26.2 Å². The van der Waals surface area contributed by atoms with E-state index in [4.69, 9.17) is 5.73 Å². The third kappa shape index (κ3) is 8.04. The summed E-state index contributed by atoms with van der Waals surface area (Å²) in [5.41, 5.74) is 6.84. The summed E-state index contributed by atoms with van der Waals surface area (Å²) in [6, 6.07) is 8.01. The van der Waals surface area contributed by atoms with E-state index in [9.17, 15) is 4.79 Å². The van der Waals surface area contributed by atoms with E-state index in [2.05, 4.69) is 34.4 Å². The summed E-state index contributed by atoms with van der Waals surface area (Å²) >= 11 is 0.